The molecule has 1 aliphatic heterocycles. The van der Waals surface area contributed by atoms with E-state index in [-0.39, 0.29) is 29.8 Å². The second kappa shape index (κ2) is 4.50. The highest BCUT2D eigenvalue weighted by Crippen LogP contribution is 2.24. The van der Waals surface area contributed by atoms with E-state index in [9.17, 15) is 9.59 Å². The highest BCUT2D eigenvalue weighted by Gasteiger charge is 2.27. The lowest BCUT2D eigenvalue weighted by atomic mass is 10.0. The number of β-amino-alcohol motifs (C(OH)–C–C–N with tert-alkyl or cyclic N) is 1. The summed E-state index contributed by atoms with van der Waals surface area (Å²) >= 11 is 6.03. The maximum atomic E-state index is 12.1. The Morgan fingerprint density at radius 3 is 2.82 bits per heavy atom. The molecule has 0 radical (unpaired) electrons. The number of hydrogen-bond acceptors (Lipinski definition) is 3. The number of carbonyl (C=O) groups excluding carboxylic acids is 1. The summed E-state index contributed by atoms with van der Waals surface area (Å²) in [5.41, 5.74) is 0.864. The van der Waals surface area contributed by atoms with Crippen LogP contribution in [0.15, 0.2) is 10.9 Å². The van der Waals surface area contributed by atoms with Crippen molar-refractivity contribution >= 4 is 17.5 Å². The van der Waals surface area contributed by atoms with Crippen LogP contribution in [0, 0.1) is 0 Å². The molecule has 6 heteroatoms. The summed E-state index contributed by atoms with van der Waals surface area (Å²) in [6, 6.07) is 1.45. The molecule has 0 bridgehead atoms. The quantitative estimate of drug-likeness (QED) is 0.760. The van der Waals surface area contributed by atoms with E-state index in [0.29, 0.717) is 24.1 Å². The van der Waals surface area contributed by atoms with E-state index in [1.54, 1.807) is 4.90 Å². The van der Waals surface area contributed by atoms with Gasteiger partial charge in [0.1, 0.15) is 5.15 Å². The molecule has 0 fully saturated rings. The molecule has 0 atom stereocenters. The first-order valence-corrected chi connectivity index (χ1v) is 5.72. The Bertz CT molecular complexity index is 524. The van der Waals surface area contributed by atoms with Crippen molar-refractivity contribution in [3.63, 3.8) is 0 Å². The van der Waals surface area contributed by atoms with Crippen LogP contribution in [-0.2, 0) is 13.5 Å². The lowest BCUT2D eigenvalue weighted by molar-refractivity contribution is 0.0704. The minimum atomic E-state index is -0.221. The molecule has 0 aromatic carbocycles. The van der Waals surface area contributed by atoms with Gasteiger partial charge in [-0.1, -0.05) is 11.6 Å². The number of amides is 1. The smallest absolute Gasteiger partial charge is 0.257 e. The maximum absolute atomic E-state index is 12.1. The highest BCUT2D eigenvalue weighted by molar-refractivity contribution is 6.33. The minimum Gasteiger partial charge on any atom is -0.395 e. The summed E-state index contributed by atoms with van der Waals surface area (Å²) in [5.74, 6) is -0.221. The first-order valence-electron chi connectivity index (χ1n) is 5.34. The number of fused-ring (bicyclic) bond motifs is 1. The Balaban J connectivity index is 2.52. The van der Waals surface area contributed by atoms with Gasteiger partial charge in [-0.15, -0.1) is 0 Å². The summed E-state index contributed by atoms with van der Waals surface area (Å²) in [5, 5.41) is 9.04. The summed E-state index contributed by atoms with van der Waals surface area (Å²) < 4.78 is 1.25. The fourth-order valence-electron chi connectivity index (χ4n) is 1.99. The van der Waals surface area contributed by atoms with Gasteiger partial charge in [-0.05, 0) is 12.0 Å². The van der Waals surface area contributed by atoms with Crippen LogP contribution in [0.4, 0.5) is 0 Å². The first-order chi connectivity index (χ1) is 8.06. The van der Waals surface area contributed by atoms with Crippen molar-refractivity contribution in [2.75, 3.05) is 19.7 Å². The van der Waals surface area contributed by atoms with Gasteiger partial charge in [-0.25, -0.2) is 0 Å². The molecule has 0 saturated heterocycles. The molecule has 1 amide bonds. The molecule has 1 aromatic rings. The van der Waals surface area contributed by atoms with Crippen LogP contribution in [0.2, 0.25) is 5.15 Å². The van der Waals surface area contributed by atoms with Crippen molar-refractivity contribution in [2.45, 2.75) is 6.42 Å². The van der Waals surface area contributed by atoms with Gasteiger partial charge in [0.2, 0.25) is 0 Å². The molecular weight excluding hydrogens is 244 g/mol. The zero-order valence-corrected chi connectivity index (χ0v) is 10.2. The van der Waals surface area contributed by atoms with Gasteiger partial charge in [0, 0.05) is 26.2 Å². The number of rotatable bonds is 2. The fourth-order valence-corrected chi connectivity index (χ4v) is 2.27. The molecule has 1 aromatic heterocycles. The Kier molecular flexibility index (Phi) is 3.22. The maximum Gasteiger partial charge on any atom is 0.257 e. The van der Waals surface area contributed by atoms with Crippen LogP contribution >= 0.6 is 11.6 Å². The molecule has 5 nitrogen and oxygen atoms in total. The number of aliphatic hydroxyl groups is 1. The molecule has 0 spiro atoms. The van der Waals surface area contributed by atoms with E-state index in [0.717, 1.165) is 0 Å². The number of hydrogen-bond donors (Lipinski definition) is 1. The third-order valence-corrected chi connectivity index (χ3v) is 3.41. The third-order valence-electron chi connectivity index (χ3n) is 2.97. The average molecular weight is 257 g/mol. The Morgan fingerprint density at radius 2 is 2.18 bits per heavy atom. The Morgan fingerprint density at radius 1 is 1.47 bits per heavy atom. The van der Waals surface area contributed by atoms with Crippen LogP contribution in [-0.4, -0.2) is 40.2 Å². The van der Waals surface area contributed by atoms with Gasteiger partial charge in [0.05, 0.1) is 12.2 Å². The van der Waals surface area contributed by atoms with E-state index in [1.165, 1.54) is 17.7 Å². The second-order valence-electron chi connectivity index (χ2n) is 4.00. The van der Waals surface area contributed by atoms with E-state index < -0.39 is 0 Å². The zero-order valence-electron chi connectivity index (χ0n) is 9.44. The van der Waals surface area contributed by atoms with E-state index in [1.807, 2.05) is 0 Å². The van der Waals surface area contributed by atoms with Crippen molar-refractivity contribution in [3.8, 4) is 0 Å². The lowest BCUT2D eigenvalue weighted by Crippen LogP contribution is -2.41. The zero-order chi connectivity index (χ0) is 12.6. The SMILES string of the molecule is Cn1c(Cl)c2c(cc1=O)CCN(CCO)C2=O. The Hall–Kier alpha value is -1.33. The highest BCUT2D eigenvalue weighted by atomic mass is 35.5. The van der Waals surface area contributed by atoms with Crippen LogP contribution in [0.5, 0.6) is 0 Å². The van der Waals surface area contributed by atoms with Gasteiger partial charge in [0.25, 0.3) is 11.5 Å². The minimum absolute atomic E-state index is 0.0789. The molecular formula is C11H13ClN2O3. The molecule has 1 N–H and O–H groups in total. The molecule has 92 valence electrons. The van der Waals surface area contributed by atoms with Gasteiger partial charge >= 0.3 is 0 Å². The number of halogens is 1. The first kappa shape index (κ1) is 12.1. The molecule has 1 aliphatic rings. The van der Waals surface area contributed by atoms with Gasteiger partial charge in [-0.3, -0.25) is 9.59 Å². The topological polar surface area (TPSA) is 62.5 Å². The molecule has 2 rings (SSSR count). The van der Waals surface area contributed by atoms with E-state index >= 15 is 0 Å². The largest absolute Gasteiger partial charge is 0.395 e. The van der Waals surface area contributed by atoms with Gasteiger partial charge in [-0.2, -0.15) is 0 Å². The normalized spacial score (nSPS) is 15.0. The summed E-state index contributed by atoms with van der Waals surface area (Å²) in [6.45, 7) is 0.720. The second-order valence-corrected chi connectivity index (χ2v) is 4.36. The van der Waals surface area contributed by atoms with Crippen LogP contribution in [0.3, 0.4) is 0 Å². The fraction of sp³-hybridized carbons (Fsp3) is 0.455. The molecule has 0 aliphatic carbocycles. The van der Waals surface area contributed by atoms with Crippen molar-refractivity contribution in [1.29, 1.82) is 0 Å². The lowest BCUT2D eigenvalue weighted by Gasteiger charge is -2.28. The predicted octanol–water partition coefficient (Wildman–Crippen LogP) is 0.0293. The van der Waals surface area contributed by atoms with Gasteiger partial charge < -0.3 is 14.6 Å². The monoisotopic (exact) mass is 256 g/mol. The number of carbonyl (C=O) groups is 1. The van der Waals surface area contributed by atoms with Crippen molar-refractivity contribution < 1.29 is 9.90 Å². The van der Waals surface area contributed by atoms with E-state index in [2.05, 4.69) is 0 Å². The van der Waals surface area contributed by atoms with Crippen molar-refractivity contribution in [2.24, 2.45) is 7.05 Å². The Labute approximate surface area is 103 Å². The molecule has 0 saturated carbocycles. The summed E-state index contributed by atoms with van der Waals surface area (Å²) in [7, 11) is 1.53. The number of aliphatic hydroxyl groups excluding tert-OH is 1. The number of pyridine rings is 1. The predicted molar refractivity (Wildman–Crippen MR) is 63.4 cm³/mol. The standard InChI is InChI=1S/C11H13ClN2O3/c1-13-8(16)6-7-2-3-14(4-5-15)11(17)9(7)10(13)12/h6,15H,2-5H2,1H3. The van der Waals surface area contributed by atoms with Crippen LogP contribution in [0.25, 0.3) is 0 Å². The molecule has 0 unspecified atom stereocenters. The summed E-state index contributed by atoms with van der Waals surface area (Å²) in [4.78, 5) is 25.2. The number of nitrogens with zero attached hydrogens (tertiary/aromatic N) is 2. The van der Waals surface area contributed by atoms with Gasteiger partial charge in [0.15, 0.2) is 0 Å². The molecule has 2 heterocycles. The third kappa shape index (κ3) is 1.96. The average Bonchev–Trinajstić information content (AvgIpc) is 2.30. The molecule has 17 heavy (non-hydrogen) atoms. The number of aromatic nitrogens is 1. The summed E-state index contributed by atoms with van der Waals surface area (Å²) in [6.07, 6.45) is 0.594. The van der Waals surface area contributed by atoms with Crippen molar-refractivity contribution in [1.82, 2.24) is 9.47 Å². The van der Waals surface area contributed by atoms with E-state index in [4.69, 9.17) is 16.7 Å². The van der Waals surface area contributed by atoms with Crippen LogP contribution < -0.4 is 5.56 Å². The van der Waals surface area contributed by atoms with Crippen molar-refractivity contribution in [3.05, 3.63) is 32.7 Å². The van der Waals surface area contributed by atoms with Crippen LogP contribution in [0.1, 0.15) is 15.9 Å².